The molecule has 0 aliphatic heterocycles. The number of rotatable bonds is 4. The second kappa shape index (κ2) is 5.49. The van der Waals surface area contributed by atoms with Crippen molar-refractivity contribution in [3.63, 3.8) is 0 Å². The van der Waals surface area contributed by atoms with Gasteiger partial charge < -0.3 is 9.32 Å². The molecule has 0 aliphatic rings. The van der Waals surface area contributed by atoms with Crippen LogP contribution in [-0.4, -0.2) is 28.9 Å². The van der Waals surface area contributed by atoms with E-state index in [2.05, 4.69) is 4.98 Å². The highest BCUT2D eigenvalue weighted by molar-refractivity contribution is 5.92. The van der Waals surface area contributed by atoms with Crippen molar-refractivity contribution >= 4 is 5.91 Å². The monoisotopic (exact) mass is 244 g/mol. The molecule has 18 heavy (non-hydrogen) atoms. The van der Waals surface area contributed by atoms with Crippen LogP contribution in [0.3, 0.4) is 0 Å². The third-order valence-electron chi connectivity index (χ3n) is 2.81. The van der Waals surface area contributed by atoms with E-state index in [0.29, 0.717) is 24.6 Å². The largest absolute Gasteiger partial charge is 0.451 e. The smallest absolute Gasteiger partial charge is 0.289 e. The SMILES string of the molecule is CCN(CC)C(=O)c1ccc(-c2cccnc2)o1. The fourth-order valence-corrected chi connectivity index (χ4v) is 1.78. The Kier molecular flexibility index (Phi) is 3.77. The number of hydrogen-bond acceptors (Lipinski definition) is 3. The fraction of sp³-hybridized carbons (Fsp3) is 0.286. The van der Waals surface area contributed by atoms with Crippen molar-refractivity contribution in [3.8, 4) is 11.3 Å². The molecule has 4 nitrogen and oxygen atoms in total. The van der Waals surface area contributed by atoms with Crippen LogP contribution in [0, 0.1) is 0 Å². The van der Waals surface area contributed by atoms with Gasteiger partial charge in [0.1, 0.15) is 5.76 Å². The lowest BCUT2D eigenvalue weighted by Gasteiger charge is -2.16. The average molecular weight is 244 g/mol. The first-order chi connectivity index (χ1) is 8.76. The molecular formula is C14H16N2O2. The van der Waals surface area contributed by atoms with Crippen molar-refractivity contribution in [2.45, 2.75) is 13.8 Å². The molecule has 0 radical (unpaired) electrons. The number of nitrogens with zero attached hydrogens (tertiary/aromatic N) is 2. The Morgan fingerprint density at radius 2 is 2.06 bits per heavy atom. The van der Waals surface area contributed by atoms with Crippen molar-refractivity contribution in [3.05, 3.63) is 42.4 Å². The number of hydrogen-bond donors (Lipinski definition) is 0. The zero-order chi connectivity index (χ0) is 13.0. The van der Waals surface area contributed by atoms with Gasteiger partial charge in [-0.1, -0.05) is 0 Å². The molecule has 94 valence electrons. The molecule has 0 fully saturated rings. The normalized spacial score (nSPS) is 10.3. The number of carbonyl (C=O) groups is 1. The van der Waals surface area contributed by atoms with Crippen LogP contribution in [0.15, 0.2) is 41.1 Å². The van der Waals surface area contributed by atoms with Crippen LogP contribution in [0.5, 0.6) is 0 Å². The maximum Gasteiger partial charge on any atom is 0.289 e. The van der Waals surface area contributed by atoms with Gasteiger partial charge in [-0.2, -0.15) is 0 Å². The average Bonchev–Trinajstić information content (AvgIpc) is 2.90. The first-order valence-electron chi connectivity index (χ1n) is 6.05. The molecule has 0 unspecified atom stereocenters. The van der Waals surface area contributed by atoms with E-state index in [-0.39, 0.29) is 5.91 Å². The molecule has 0 spiro atoms. The Morgan fingerprint density at radius 1 is 1.28 bits per heavy atom. The molecule has 0 aliphatic carbocycles. The topological polar surface area (TPSA) is 46.3 Å². The van der Waals surface area contributed by atoms with Gasteiger partial charge in [0.2, 0.25) is 0 Å². The lowest BCUT2D eigenvalue weighted by molar-refractivity contribution is 0.0742. The van der Waals surface area contributed by atoms with Gasteiger partial charge in [0.25, 0.3) is 5.91 Å². The minimum Gasteiger partial charge on any atom is -0.451 e. The first kappa shape index (κ1) is 12.4. The fourth-order valence-electron chi connectivity index (χ4n) is 1.78. The number of furan rings is 1. The van der Waals surface area contributed by atoms with Crippen molar-refractivity contribution in [1.29, 1.82) is 0 Å². The van der Waals surface area contributed by atoms with Gasteiger partial charge in [-0.05, 0) is 38.1 Å². The molecule has 0 bridgehead atoms. The second-order valence-electron chi connectivity index (χ2n) is 3.88. The van der Waals surface area contributed by atoms with Gasteiger partial charge in [-0.15, -0.1) is 0 Å². The standard InChI is InChI=1S/C14H16N2O2/c1-3-16(4-2)14(17)13-8-7-12(18-13)11-6-5-9-15-10-11/h5-10H,3-4H2,1-2H3. The van der Waals surface area contributed by atoms with Crippen LogP contribution in [0.1, 0.15) is 24.4 Å². The van der Waals surface area contributed by atoms with Gasteiger partial charge in [-0.3, -0.25) is 9.78 Å². The lowest BCUT2D eigenvalue weighted by atomic mass is 10.2. The highest BCUT2D eigenvalue weighted by Gasteiger charge is 2.16. The van der Waals surface area contributed by atoms with Crippen LogP contribution in [0.2, 0.25) is 0 Å². The molecule has 1 amide bonds. The van der Waals surface area contributed by atoms with Gasteiger partial charge in [0.05, 0.1) is 0 Å². The van der Waals surface area contributed by atoms with E-state index in [9.17, 15) is 4.79 Å². The third kappa shape index (κ3) is 2.42. The van der Waals surface area contributed by atoms with E-state index in [1.807, 2.05) is 26.0 Å². The summed E-state index contributed by atoms with van der Waals surface area (Å²) in [6.07, 6.45) is 3.42. The van der Waals surface area contributed by atoms with Crippen LogP contribution >= 0.6 is 0 Å². The van der Waals surface area contributed by atoms with Gasteiger partial charge >= 0.3 is 0 Å². The number of amides is 1. The lowest BCUT2D eigenvalue weighted by Crippen LogP contribution is -2.30. The van der Waals surface area contributed by atoms with Gasteiger partial charge in [-0.25, -0.2) is 0 Å². The van der Waals surface area contributed by atoms with E-state index in [0.717, 1.165) is 5.56 Å². The maximum absolute atomic E-state index is 12.1. The quantitative estimate of drug-likeness (QED) is 0.830. The highest BCUT2D eigenvalue weighted by atomic mass is 16.4. The first-order valence-corrected chi connectivity index (χ1v) is 6.05. The second-order valence-corrected chi connectivity index (χ2v) is 3.88. The highest BCUT2D eigenvalue weighted by Crippen LogP contribution is 2.21. The van der Waals surface area contributed by atoms with Gasteiger partial charge in [0, 0.05) is 31.0 Å². The Bertz CT molecular complexity index is 516. The summed E-state index contributed by atoms with van der Waals surface area (Å²) in [7, 11) is 0. The molecule has 0 saturated heterocycles. The Hall–Kier alpha value is -2.10. The van der Waals surface area contributed by atoms with Crippen LogP contribution in [-0.2, 0) is 0 Å². The minimum atomic E-state index is -0.0739. The van der Waals surface area contributed by atoms with E-state index < -0.39 is 0 Å². The molecule has 0 atom stereocenters. The predicted octanol–water partition coefficient (Wildman–Crippen LogP) is 2.82. The van der Waals surface area contributed by atoms with E-state index in [4.69, 9.17) is 4.42 Å². The zero-order valence-corrected chi connectivity index (χ0v) is 10.6. The van der Waals surface area contributed by atoms with E-state index in [1.165, 1.54) is 0 Å². The molecule has 0 saturated carbocycles. The molecule has 2 rings (SSSR count). The van der Waals surface area contributed by atoms with E-state index in [1.54, 1.807) is 29.4 Å². The summed E-state index contributed by atoms with van der Waals surface area (Å²) in [5.41, 5.74) is 0.871. The molecule has 2 aromatic rings. The zero-order valence-electron chi connectivity index (χ0n) is 10.6. The molecule has 2 heterocycles. The number of aromatic nitrogens is 1. The van der Waals surface area contributed by atoms with Crippen LogP contribution in [0.25, 0.3) is 11.3 Å². The van der Waals surface area contributed by atoms with E-state index >= 15 is 0 Å². The summed E-state index contributed by atoms with van der Waals surface area (Å²) in [6, 6.07) is 7.25. The summed E-state index contributed by atoms with van der Waals surface area (Å²) in [6.45, 7) is 5.26. The molecule has 2 aromatic heterocycles. The van der Waals surface area contributed by atoms with Crippen LogP contribution in [0.4, 0.5) is 0 Å². The number of pyridine rings is 1. The van der Waals surface area contributed by atoms with Crippen LogP contribution < -0.4 is 0 Å². The van der Waals surface area contributed by atoms with Gasteiger partial charge in [0.15, 0.2) is 5.76 Å². The summed E-state index contributed by atoms with van der Waals surface area (Å²) >= 11 is 0. The molecular weight excluding hydrogens is 228 g/mol. The maximum atomic E-state index is 12.1. The Morgan fingerprint density at radius 3 is 2.67 bits per heavy atom. The Labute approximate surface area is 106 Å². The summed E-state index contributed by atoms with van der Waals surface area (Å²) in [4.78, 5) is 17.8. The molecule has 0 aromatic carbocycles. The van der Waals surface area contributed by atoms with Crippen molar-refractivity contribution in [2.24, 2.45) is 0 Å². The Balaban J connectivity index is 2.23. The summed E-state index contributed by atoms with van der Waals surface area (Å²) in [5, 5.41) is 0. The van der Waals surface area contributed by atoms with Crippen molar-refractivity contribution in [2.75, 3.05) is 13.1 Å². The predicted molar refractivity (Wildman–Crippen MR) is 69.2 cm³/mol. The van der Waals surface area contributed by atoms with Crippen molar-refractivity contribution in [1.82, 2.24) is 9.88 Å². The molecule has 0 N–H and O–H groups in total. The summed E-state index contributed by atoms with van der Waals surface area (Å²) in [5.74, 6) is 0.964. The molecule has 4 heteroatoms. The summed E-state index contributed by atoms with van der Waals surface area (Å²) < 4.78 is 5.58. The number of carbonyl (C=O) groups excluding carboxylic acids is 1. The minimum absolute atomic E-state index is 0.0739. The van der Waals surface area contributed by atoms with Crippen molar-refractivity contribution < 1.29 is 9.21 Å². The third-order valence-corrected chi connectivity index (χ3v) is 2.81.